The number of hydrogen-bond acceptors (Lipinski definition) is 3. The zero-order chi connectivity index (χ0) is 22.4. The van der Waals surface area contributed by atoms with Crippen molar-refractivity contribution in [2.24, 2.45) is 5.41 Å². The lowest BCUT2D eigenvalue weighted by Gasteiger charge is -2.41. The molecule has 1 aliphatic heterocycles. The molecule has 4 rings (SSSR count). The molecular formula is C27H29N3O2. The van der Waals surface area contributed by atoms with Gasteiger partial charge in [-0.25, -0.2) is 0 Å². The van der Waals surface area contributed by atoms with Gasteiger partial charge in [0.15, 0.2) is 0 Å². The smallest absolute Gasteiger partial charge is 0.272 e. The highest BCUT2D eigenvalue weighted by atomic mass is 16.2. The first-order valence-corrected chi connectivity index (χ1v) is 11.2. The molecule has 0 unspecified atom stereocenters. The third-order valence-electron chi connectivity index (χ3n) is 6.17. The van der Waals surface area contributed by atoms with Crippen molar-refractivity contribution in [1.29, 1.82) is 0 Å². The Bertz CT molecular complexity index is 1050. The van der Waals surface area contributed by atoms with Crippen molar-refractivity contribution < 1.29 is 9.59 Å². The van der Waals surface area contributed by atoms with Gasteiger partial charge in [0.1, 0.15) is 5.69 Å². The molecule has 1 saturated heterocycles. The number of rotatable bonds is 6. The standard InChI is InChI=1S/C27H29N3O2/c1-2-28-26(32)27(16-8-18-30(20-27)25(31)24-11-6-7-17-29-24)19-21-12-14-23(15-13-21)22-9-4-3-5-10-22/h3-7,9-15,17H,2,8,16,18-20H2,1H3,(H,28,32)/t27-/m0/s1. The van der Waals surface area contributed by atoms with Crippen LogP contribution in [0.3, 0.4) is 0 Å². The summed E-state index contributed by atoms with van der Waals surface area (Å²) in [4.78, 5) is 32.3. The second-order valence-corrected chi connectivity index (χ2v) is 8.42. The van der Waals surface area contributed by atoms with Crippen molar-refractivity contribution >= 4 is 11.8 Å². The maximum Gasteiger partial charge on any atom is 0.272 e. The van der Waals surface area contributed by atoms with E-state index in [4.69, 9.17) is 0 Å². The summed E-state index contributed by atoms with van der Waals surface area (Å²) in [6.07, 6.45) is 3.77. The molecule has 0 aliphatic carbocycles. The van der Waals surface area contributed by atoms with Crippen molar-refractivity contribution in [3.8, 4) is 11.1 Å². The zero-order valence-electron chi connectivity index (χ0n) is 18.5. The van der Waals surface area contributed by atoms with Crippen LogP contribution in [-0.4, -0.2) is 41.3 Å². The van der Waals surface area contributed by atoms with Gasteiger partial charge < -0.3 is 10.2 Å². The van der Waals surface area contributed by atoms with Crippen LogP contribution in [0.1, 0.15) is 35.8 Å². The van der Waals surface area contributed by atoms with E-state index < -0.39 is 5.41 Å². The van der Waals surface area contributed by atoms with Crippen LogP contribution in [0.4, 0.5) is 0 Å². The summed E-state index contributed by atoms with van der Waals surface area (Å²) in [5, 5.41) is 3.02. The lowest BCUT2D eigenvalue weighted by molar-refractivity contribution is -0.133. The predicted octanol–water partition coefficient (Wildman–Crippen LogP) is 4.35. The molecule has 1 aromatic heterocycles. The fourth-order valence-corrected chi connectivity index (χ4v) is 4.55. The Kier molecular flexibility index (Phi) is 6.64. The van der Waals surface area contributed by atoms with E-state index in [-0.39, 0.29) is 11.8 Å². The Balaban J connectivity index is 1.57. The topological polar surface area (TPSA) is 62.3 Å². The summed E-state index contributed by atoms with van der Waals surface area (Å²) in [5.41, 5.74) is 3.20. The number of likely N-dealkylation sites (tertiary alicyclic amines) is 1. The molecule has 0 bridgehead atoms. The molecule has 5 nitrogen and oxygen atoms in total. The number of benzene rings is 2. The number of nitrogens with one attached hydrogen (secondary N) is 1. The normalized spacial score (nSPS) is 18.2. The number of piperidine rings is 1. The number of aromatic nitrogens is 1. The maximum absolute atomic E-state index is 13.3. The van der Waals surface area contributed by atoms with E-state index in [9.17, 15) is 9.59 Å². The molecule has 1 aliphatic rings. The summed E-state index contributed by atoms with van der Waals surface area (Å²) in [5.74, 6) is -0.0935. The molecule has 0 saturated carbocycles. The minimum atomic E-state index is -0.646. The number of amides is 2. The quantitative estimate of drug-likeness (QED) is 0.636. The van der Waals surface area contributed by atoms with Crippen molar-refractivity contribution in [3.05, 3.63) is 90.3 Å². The second-order valence-electron chi connectivity index (χ2n) is 8.42. The third kappa shape index (κ3) is 4.72. The van der Waals surface area contributed by atoms with Gasteiger partial charge in [-0.05, 0) is 55.0 Å². The van der Waals surface area contributed by atoms with E-state index in [1.165, 1.54) is 5.56 Å². The first kappa shape index (κ1) is 21.8. The molecule has 1 atom stereocenters. The SMILES string of the molecule is CCNC(=O)[C@]1(Cc2ccc(-c3ccccc3)cc2)CCCN(C(=O)c2ccccn2)C1. The van der Waals surface area contributed by atoms with Crippen LogP contribution in [0.2, 0.25) is 0 Å². The van der Waals surface area contributed by atoms with Crippen molar-refractivity contribution in [3.63, 3.8) is 0 Å². The van der Waals surface area contributed by atoms with Crippen LogP contribution >= 0.6 is 0 Å². The van der Waals surface area contributed by atoms with E-state index in [1.807, 2.05) is 31.2 Å². The minimum absolute atomic E-state index is 0.0191. The van der Waals surface area contributed by atoms with E-state index in [2.05, 4.69) is 46.7 Å². The Hall–Kier alpha value is -3.47. The van der Waals surface area contributed by atoms with Gasteiger partial charge in [0.2, 0.25) is 5.91 Å². The Morgan fingerprint density at radius 2 is 1.69 bits per heavy atom. The third-order valence-corrected chi connectivity index (χ3v) is 6.17. The van der Waals surface area contributed by atoms with Gasteiger partial charge in [-0.3, -0.25) is 14.6 Å². The number of nitrogens with zero attached hydrogens (tertiary/aromatic N) is 2. The van der Waals surface area contributed by atoms with Crippen molar-refractivity contribution in [1.82, 2.24) is 15.2 Å². The highest BCUT2D eigenvalue weighted by molar-refractivity contribution is 5.93. The lowest BCUT2D eigenvalue weighted by atomic mass is 9.74. The summed E-state index contributed by atoms with van der Waals surface area (Å²) in [6.45, 7) is 3.54. The number of hydrogen-bond donors (Lipinski definition) is 1. The van der Waals surface area contributed by atoms with E-state index in [0.29, 0.717) is 31.7 Å². The minimum Gasteiger partial charge on any atom is -0.356 e. The van der Waals surface area contributed by atoms with E-state index in [1.54, 1.807) is 23.2 Å². The van der Waals surface area contributed by atoms with Crippen LogP contribution < -0.4 is 5.32 Å². The lowest BCUT2D eigenvalue weighted by Crippen LogP contribution is -2.54. The molecular weight excluding hydrogens is 398 g/mol. The van der Waals surface area contributed by atoms with Gasteiger partial charge in [0.25, 0.3) is 5.91 Å². The van der Waals surface area contributed by atoms with E-state index in [0.717, 1.165) is 24.0 Å². The van der Waals surface area contributed by atoms with Gasteiger partial charge in [-0.15, -0.1) is 0 Å². The molecule has 2 amide bonds. The largest absolute Gasteiger partial charge is 0.356 e. The molecule has 2 heterocycles. The average Bonchev–Trinajstić information content (AvgIpc) is 2.85. The fourth-order valence-electron chi connectivity index (χ4n) is 4.55. The predicted molar refractivity (Wildman–Crippen MR) is 126 cm³/mol. The van der Waals surface area contributed by atoms with Crippen molar-refractivity contribution in [2.75, 3.05) is 19.6 Å². The highest BCUT2D eigenvalue weighted by Crippen LogP contribution is 2.35. The molecule has 0 radical (unpaired) electrons. The number of carbonyl (C=O) groups is 2. The fraction of sp³-hybridized carbons (Fsp3) is 0.296. The number of pyridine rings is 1. The average molecular weight is 428 g/mol. The molecule has 2 aromatic carbocycles. The van der Waals surface area contributed by atoms with Gasteiger partial charge in [0, 0.05) is 25.8 Å². The summed E-state index contributed by atoms with van der Waals surface area (Å²) in [7, 11) is 0. The van der Waals surface area contributed by atoms with Crippen molar-refractivity contribution in [2.45, 2.75) is 26.2 Å². The first-order chi connectivity index (χ1) is 15.6. The van der Waals surface area contributed by atoms with Gasteiger partial charge in [0.05, 0.1) is 5.41 Å². The van der Waals surface area contributed by atoms with E-state index >= 15 is 0 Å². The Labute approximate surface area is 189 Å². The molecule has 5 heteroatoms. The second kappa shape index (κ2) is 9.77. The molecule has 164 valence electrons. The van der Waals surface area contributed by atoms with Crippen LogP contribution in [0.15, 0.2) is 79.0 Å². The van der Waals surface area contributed by atoms with Crippen LogP contribution in [0.5, 0.6) is 0 Å². The van der Waals surface area contributed by atoms with Gasteiger partial charge in [-0.2, -0.15) is 0 Å². The Morgan fingerprint density at radius 3 is 2.38 bits per heavy atom. The summed E-state index contributed by atoms with van der Waals surface area (Å²) < 4.78 is 0. The van der Waals surface area contributed by atoms with Crippen LogP contribution in [0.25, 0.3) is 11.1 Å². The molecule has 3 aromatic rings. The summed E-state index contributed by atoms with van der Waals surface area (Å²) >= 11 is 0. The molecule has 1 fully saturated rings. The van der Waals surface area contributed by atoms with Gasteiger partial charge >= 0.3 is 0 Å². The monoisotopic (exact) mass is 427 g/mol. The zero-order valence-corrected chi connectivity index (χ0v) is 18.5. The number of carbonyl (C=O) groups excluding carboxylic acids is 2. The molecule has 0 spiro atoms. The maximum atomic E-state index is 13.3. The van der Waals surface area contributed by atoms with Crippen LogP contribution in [-0.2, 0) is 11.2 Å². The van der Waals surface area contributed by atoms with Gasteiger partial charge in [-0.1, -0.05) is 60.7 Å². The molecule has 1 N–H and O–H groups in total. The first-order valence-electron chi connectivity index (χ1n) is 11.2. The van der Waals surface area contributed by atoms with Crippen LogP contribution in [0, 0.1) is 5.41 Å². The molecule has 32 heavy (non-hydrogen) atoms. The highest BCUT2D eigenvalue weighted by Gasteiger charge is 2.43. The Morgan fingerprint density at radius 1 is 0.969 bits per heavy atom. The summed E-state index contributed by atoms with van der Waals surface area (Å²) in [6, 6.07) is 24.0.